The summed E-state index contributed by atoms with van der Waals surface area (Å²) in [6.45, 7) is 3.46. The summed E-state index contributed by atoms with van der Waals surface area (Å²) in [6, 6.07) is 9.29. The van der Waals surface area contributed by atoms with Crippen molar-refractivity contribution in [2.24, 2.45) is 0 Å². The van der Waals surface area contributed by atoms with Crippen molar-refractivity contribution in [3.05, 3.63) is 64.2 Å². The summed E-state index contributed by atoms with van der Waals surface area (Å²) in [5.74, 6) is 0.0633. The van der Waals surface area contributed by atoms with Crippen molar-refractivity contribution in [2.45, 2.75) is 32.8 Å². The van der Waals surface area contributed by atoms with Gasteiger partial charge in [0.2, 0.25) is 0 Å². The van der Waals surface area contributed by atoms with E-state index < -0.39 is 18.0 Å². The second-order valence-electron chi connectivity index (χ2n) is 6.59. The van der Waals surface area contributed by atoms with Gasteiger partial charge in [-0.05, 0) is 19.9 Å². The standard InChI is InChI=1S/C21H19Cl2N3O4/c1-12-3-5-14(6-4-12)17-11-24-18(30-17)7-8-19(27)29-13(2)21(28)26-20-16(23)9-15(22)10-25-20/h3-6,9-11,13H,7-8H2,1-2H3,(H,25,26,28). The summed E-state index contributed by atoms with van der Waals surface area (Å²) in [5, 5.41) is 3.02. The van der Waals surface area contributed by atoms with Crippen molar-refractivity contribution in [3.63, 3.8) is 0 Å². The summed E-state index contributed by atoms with van der Waals surface area (Å²) in [6.07, 6.45) is 2.21. The van der Waals surface area contributed by atoms with E-state index in [2.05, 4.69) is 15.3 Å². The number of nitrogens with one attached hydrogen (secondary N) is 1. The highest BCUT2D eigenvalue weighted by Crippen LogP contribution is 2.23. The van der Waals surface area contributed by atoms with Crippen LogP contribution < -0.4 is 5.32 Å². The Balaban J connectivity index is 1.49. The molecule has 9 heteroatoms. The summed E-state index contributed by atoms with van der Waals surface area (Å²) < 4.78 is 10.8. The highest BCUT2D eigenvalue weighted by atomic mass is 35.5. The first kappa shape index (κ1) is 21.8. The minimum absolute atomic E-state index is 0.0193. The Morgan fingerprint density at radius 2 is 1.90 bits per heavy atom. The lowest BCUT2D eigenvalue weighted by Gasteiger charge is -2.13. The lowest BCUT2D eigenvalue weighted by Crippen LogP contribution is -2.30. The number of oxazole rings is 1. The average molecular weight is 448 g/mol. The molecule has 0 saturated heterocycles. The highest BCUT2D eigenvalue weighted by molar-refractivity contribution is 6.36. The Labute approximate surface area is 183 Å². The predicted octanol–water partition coefficient (Wildman–Crippen LogP) is 4.85. The molecule has 1 aromatic carbocycles. The molecule has 1 N–H and O–H groups in total. The van der Waals surface area contributed by atoms with E-state index in [0.717, 1.165) is 11.1 Å². The molecule has 2 aromatic heterocycles. The zero-order chi connectivity index (χ0) is 21.7. The Morgan fingerprint density at radius 3 is 2.60 bits per heavy atom. The maximum atomic E-state index is 12.2. The SMILES string of the molecule is Cc1ccc(-c2cnc(CCC(=O)OC(C)C(=O)Nc3ncc(Cl)cc3Cl)o2)cc1. The fourth-order valence-corrected chi connectivity index (χ4v) is 2.95. The molecule has 0 aliphatic heterocycles. The largest absolute Gasteiger partial charge is 0.453 e. The van der Waals surface area contributed by atoms with Crippen LogP contribution in [-0.2, 0) is 20.7 Å². The maximum absolute atomic E-state index is 12.2. The quantitative estimate of drug-likeness (QED) is 0.519. The number of hydrogen-bond acceptors (Lipinski definition) is 6. The molecule has 0 spiro atoms. The molecule has 7 nitrogen and oxygen atoms in total. The van der Waals surface area contributed by atoms with Crippen LogP contribution in [-0.4, -0.2) is 27.9 Å². The van der Waals surface area contributed by atoms with Gasteiger partial charge < -0.3 is 14.5 Å². The second kappa shape index (κ2) is 9.73. The smallest absolute Gasteiger partial charge is 0.307 e. The van der Waals surface area contributed by atoms with Gasteiger partial charge >= 0.3 is 5.97 Å². The van der Waals surface area contributed by atoms with E-state index in [9.17, 15) is 9.59 Å². The van der Waals surface area contributed by atoms with Gasteiger partial charge in [-0.1, -0.05) is 53.0 Å². The van der Waals surface area contributed by atoms with Gasteiger partial charge in [-0.2, -0.15) is 0 Å². The second-order valence-corrected chi connectivity index (χ2v) is 7.43. The van der Waals surface area contributed by atoms with Gasteiger partial charge in [0.15, 0.2) is 23.6 Å². The van der Waals surface area contributed by atoms with Crippen molar-refractivity contribution < 1.29 is 18.7 Å². The molecule has 1 unspecified atom stereocenters. The fourth-order valence-electron chi connectivity index (χ4n) is 2.52. The first-order valence-electron chi connectivity index (χ1n) is 9.15. The lowest BCUT2D eigenvalue weighted by atomic mass is 10.1. The summed E-state index contributed by atoms with van der Waals surface area (Å²) in [4.78, 5) is 32.4. The molecular weight excluding hydrogens is 429 g/mol. The Bertz CT molecular complexity index is 1050. The maximum Gasteiger partial charge on any atom is 0.307 e. The van der Waals surface area contributed by atoms with Gasteiger partial charge in [-0.15, -0.1) is 0 Å². The van der Waals surface area contributed by atoms with Crippen LogP contribution in [0.2, 0.25) is 10.0 Å². The van der Waals surface area contributed by atoms with E-state index in [-0.39, 0.29) is 23.7 Å². The molecule has 30 heavy (non-hydrogen) atoms. The van der Waals surface area contributed by atoms with Crippen LogP contribution in [0.1, 0.15) is 24.8 Å². The number of hydrogen-bond donors (Lipinski definition) is 1. The van der Waals surface area contributed by atoms with Gasteiger partial charge in [-0.25, -0.2) is 9.97 Å². The number of nitrogens with zero attached hydrogens (tertiary/aromatic N) is 2. The number of amides is 1. The van der Waals surface area contributed by atoms with E-state index in [4.69, 9.17) is 32.4 Å². The average Bonchev–Trinajstić information content (AvgIpc) is 3.18. The van der Waals surface area contributed by atoms with E-state index in [0.29, 0.717) is 16.7 Å². The Hall–Kier alpha value is -2.90. The number of carbonyl (C=O) groups excluding carboxylic acids is 2. The van der Waals surface area contributed by atoms with Gasteiger partial charge in [-0.3, -0.25) is 9.59 Å². The van der Waals surface area contributed by atoms with Crippen LogP contribution in [0.4, 0.5) is 5.82 Å². The topological polar surface area (TPSA) is 94.3 Å². The van der Waals surface area contributed by atoms with Gasteiger partial charge in [0.05, 0.1) is 22.7 Å². The first-order chi connectivity index (χ1) is 14.3. The number of esters is 1. The van der Waals surface area contributed by atoms with E-state index in [1.807, 2.05) is 31.2 Å². The van der Waals surface area contributed by atoms with Crippen molar-refractivity contribution in [1.29, 1.82) is 0 Å². The highest BCUT2D eigenvalue weighted by Gasteiger charge is 2.20. The molecule has 1 amide bonds. The minimum atomic E-state index is -1.03. The number of carbonyl (C=O) groups is 2. The third kappa shape index (κ3) is 5.81. The number of rotatable bonds is 7. The monoisotopic (exact) mass is 447 g/mol. The van der Waals surface area contributed by atoms with Gasteiger partial charge in [0, 0.05) is 18.2 Å². The number of pyridine rings is 1. The van der Waals surface area contributed by atoms with Crippen LogP contribution in [0.15, 0.2) is 47.1 Å². The molecule has 2 heterocycles. The Kier molecular flexibility index (Phi) is 7.07. The van der Waals surface area contributed by atoms with Crippen molar-refractivity contribution in [3.8, 4) is 11.3 Å². The first-order valence-corrected chi connectivity index (χ1v) is 9.90. The van der Waals surface area contributed by atoms with Crippen LogP contribution in [0, 0.1) is 6.92 Å². The minimum Gasteiger partial charge on any atom is -0.453 e. The van der Waals surface area contributed by atoms with E-state index in [1.165, 1.54) is 19.2 Å². The van der Waals surface area contributed by atoms with Crippen molar-refractivity contribution in [2.75, 3.05) is 5.32 Å². The number of aromatic nitrogens is 2. The normalized spacial score (nSPS) is 11.7. The molecular formula is C21H19Cl2N3O4. The van der Waals surface area contributed by atoms with Crippen LogP contribution in [0.25, 0.3) is 11.3 Å². The van der Waals surface area contributed by atoms with Gasteiger partial charge in [0.25, 0.3) is 5.91 Å². The van der Waals surface area contributed by atoms with Crippen LogP contribution in [0.3, 0.4) is 0 Å². The van der Waals surface area contributed by atoms with Gasteiger partial charge in [0.1, 0.15) is 0 Å². The molecule has 0 radical (unpaired) electrons. The van der Waals surface area contributed by atoms with Crippen molar-refractivity contribution in [1.82, 2.24) is 9.97 Å². The van der Waals surface area contributed by atoms with E-state index >= 15 is 0 Å². The number of benzene rings is 1. The molecule has 0 saturated carbocycles. The summed E-state index contributed by atoms with van der Waals surface area (Å²) in [5.41, 5.74) is 2.05. The molecule has 1 atom stereocenters. The van der Waals surface area contributed by atoms with Crippen LogP contribution >= 0.6 is 23.2 Å². The molecule has 0 aliphatic rings. The fraction of sp³-hybridized carbons (Fsp3) is 0.238. The summed E-state index contributed by atoms with van der Waals surface area (Å²) >= 11 is 11.7. The molecule has 0 fully saturated rings. The zero-order valence-corrected chi connectivity index (χ0v) is 17.8. The Morgan fingerprint density at radius 1 is 1.17 bits per heavy atom. The molecule has 3 aromatic rings. The third-order valence-electron chi connectivity index (χ3n) is 4.16. The number of anilines is 1. The van der Waals surface area contributed by atoms with E-state index in [1.54, 1.807) is 6.20 Å². The predicted molar refractivity (Wildman–Crippen MR) is 113 cm³/mol. The van der Waals surface area contributed by atoms with Crippen molar-refractivity contribution >= 4 is 40.9 Å². The molecule has 156 valence electrons. The molecule has 0 aliphatic carbocycles. The summed E-state index contributed by atoms with van der Waals surface area (Å²) in [7, 11) is 0. The van der Waals surface area contributed by atoms with Crippen LogP contribution in [0.5, 0.6) is 0 Å². The number of aryl methyl sites for hydroxylation is 2. The molecule has 0 bridgehead atoms. The number of ether oxygens (including phenoxy) is 1. The number of halogens is 2. The molecule has 3 rings (SSSR count). The lowest BCUT2D eigenvalue weighted by molar-refractivity contribution is -0.153. The third-order valence-corrected chi connectivity index (χ3v) is 4.65. The zero-order valence-electron chi connectivity index (χ0n) is 16.3.